The monoisotopic (exact) mass is 409 g/mol. The van der Waals surface area contributed by atoms with Crippen LogP contribution in [0.25, 0.3) is 0 Å². The van der Waals surface area contributed by atoms with Crippen LogP contribution in [-0.2, 0) is 11.2 Å². The average molecular weight is 410 g/mol. The van der Waals surface area contributed by atoms with Crippen LogP contribution in [0, 0.1) is 0 Å². The number of likely N-dealkylation sites (tertiary alicyclic amines) is 1. The van der Waals surface area contributed by atoms with Gasteiger partial charge in [0.05, 0.1) is 13.3 Å². The van der Waals surface area contributed by atoms with Gasteiger partial charge >= 0.3 is 0 Å². The van der Waals surface area contributed by atoms with Crippen LogP contribution in [0.15, 0.2) is 54.6 Å². The van der Waals surface area contributed by atoms with E-state index < -0.39 is 6.04 Å². The summed E-state index contributed by atoms with van der Waals surface area (Å²) in [6.45, 7) is 4.94. The van der Waals surface area contributed by atoms with Gasteiger partial charge < -0.3 is 15.4 Å². The van der Waals surface area contributed by atoms with Crippen LogP contribution in [-0.4, -0.2) is 49.1 Å². The molecule has 160 valence electrons. The van der Waals surface area contributed by atoms with Gasteiger partial charge in [0.15, 0.2) is 0 Å². The number of nitrogens with zero attached hydrogens (tertiary/aromatic N) is 1. The fraction of sp³-hybridized carbons (Fsp3) is 0.417. The Balaban J connectivity index is 1.67. The first kappa shape index (κ1) is 21.8. The molecule has 1 fully saturated rings. The smallest absolute Gasteiger partial charge is 0.252 e. The van der Waals surface area contributed by atoms with Crippen molar-refractivity contribution in [2.45, 2.75) is 38.6 Å². The van der Waals surface area contributed by atoms with E-state index in [1.165, 1.54) is 6.42 Å². The number of rotatable bonds is 9. The van der Waals surface area contributed by atoms with E-state index in [1.807, 2.05) is 43.3 Å². The van der Waals surface area contributed by atoms with Gasteiger partial charge in [-0.2, -0.15) is 0 Å². The van der Waals surface area contributed by atoms with E-state index in [0.717, 1.165) is 31.5 Å². The molecule has 0 spiro atoms. The second kappa shape index (κ2) is 11.4. The van der Waals surface area contributed by atoms with E-state index in [-0.39, 0.29) is 11.8 Å². The molecular weight excluding hydrogens is 378 g/mol. The van der Waals surface area contributed by atoms with E-state index >= 15 is 0 Å². The van der Waals surface area contributed by atoms with Crippen LogP contribution >= 0.6 is 0 Å². The van der Waals surface area contributed by atoms with Crippen LogP contribution in [0.4, 0.5) is 0 Å². The summed E-state index contributed by atoms with van der Waals surface area (Å²) < 4.78 is 5.49. The predicted octanol–water partition coefficient (Wildman–Crippen LogP) is 2.99. The number of hydrogen-bond acceptors (Lipinski definition) is 4. The Kier molecular flexibility index (Phi) is 8.27. The first-order chi connectivity index (χ1) is 14.7. The zero-order chi connectivity index (χ0) is 21.2. The molecule has 1 saturated heterocycles. The Morgan fingerprint density at radius 2 is 1.80 bits per heavy atom. The molecule has 30 heavy (non-hydrogen) atoms. The van der Waals surface area contributed by atoms with Gasteiger partial charge in [-0.3, -0.25) is 14.5 Å². The van der Waals surface area contributed by atoms with E-state index in [0.29, 0.717) is 31.0 Å². The molecule has 2 aromatic carbocycles. The van der Waals surface area contributed by atoms with Gasteiger partial charge in [0.2, 0.25) is 5.91 Å². The van der Waals surface area contributed by atoms with Crippen molar-refractivity contribution in [1.82, 2.24) is 15.5 Å². The highest BCUT2D eigenvalue weighted by atomic mass is 16.5. The first-order valence-electron chi connectivity index (χ1n) is 10.7. The van der Waals surface area contributed by atoms with E-state index in [1.54, 1.807) is 18.2 Å². The molecule has 0 unspecified atom stereocenters. The van der Waals surface area contributed by atoms with Gasteiger partial charge in [-0.05, 0) is 56.6 Å². The summed E-state index contributed by atoms with van der Waals surface area (Å²) in [5.41, 5.74) is 1.47. The number of carbonyl (C=O) groups excluding carboxylic acids is 2. The molecule has 0 saturated carbocycles. The van der Waals surface area contributed by atoms with Crippen LogP contribution < -0.4 is 15.4 Å². The van der Waals surface area contributed by atoms with Gasteiger partial charge in [0.25, 0.3) is 5.91 Å². The lowest BCUT2D eigenvalue weighted by atomic mass is 10.0. The average Bonchev–Trinajstić information content (AvgIpc) is 2.79. The molecule has 0 radical (unpaired) electrons. The second-order valence-corrected chi connectivity index (χ2v) is 7.55. The molecule has 0 bridgehead atoms. The summed E-state index contributed by atoms with van der Waals surface area (Å²) in [7, 11) is 0. The van der Waals surface area contributed by atoms with Gasteiger partial charge in [-0.15, -0.1) is 0 Å². The largest absolute Gasteiger partial charge is 0.494 e. The summed E-state index contributed by atoms with van der Waals surface area (Å²) in [6, 6.07) is 16.1. The van der Waals surface area contributed by atoms with Crippen LogP contribution in [0.1, 0.15) is 42.1 Å². The number of piperidine rings is 1. The molecule has 1 heterocycles. The van der Waals surface area contributed by atoms with Crippen molar-refractivity contribution in [3.8, 4) is 5.75 Å². The number of ether oxygens (including phenoxy) is 1. The predicted molar refractivity (Wildman–Crippen MR) is 117 cm³/mol. The fourth-order valence-corrected chi connectivity index (χ4v) is 3.62. The Morgan fingerprint density at radius 3 is 2.53 bits per heavy atom. The Labute approximate surface area is 178 Å². The van der Waals surface area contributed by atoms with Crippen molar-refractivity contribution in [2.24, 2.45) is 0 Å². The Hall–Kier alpha value is -2.86. The highest BCUT2D eigenvalue weighted by Crippen LogP contribution is 2.14. The lowest BCUT2D eigenvalue weighted by Gasteiger charge is -2.27. The summed E-state index contributed by atoms with van der Waals surface area (Å²) in [5.74, 6) is 0.184. The maximum Gasteiger partial charge on any atom is 0.252 e. The number of nitrogens with one attached hydrogen (secondary N) is 2. The molecule has 1 aliphatic rings. The standard InChI is InChI=1S/C24H31N3O3/c1-2-30-21-13-9-12-20(17-21)23(28)26-22(16-19-10-5-3-6-11-19)24(29)25-18-27-14-7-4-8-15-27/h3,5-6,9-13,17,22H,2,4,7-8,14-16,18H2,1H3,(H,25,29)(H,26,28)/t22-/m1/s1. The molecule has 2 amide bonds. The Morgan fingerprint density at radius 1 is 1.03 bits per heavy atom. The highest BCUT2D eigenvalue weighted by Gasteiger charge is 2.23. The van der Waals surface area contributed by atoms with Crippen molar-refractivity contribution < 1.29 is 14.3 Å². The third-order valence-corrected chi connectivity index (χ3v) is 5.24. The normalized spacial score (nSPS) is 15.2. The highest BCUT2D eigenvalue weighted by molar-refractivity contribution is 5.97. The summed E-state index contributed by atoms with van der Waals surface area (Å²) in [4.78, 5) is 28.0. The molecule has 1 aliphatic heterocycles. The molecule has 1 atom stereocenters. The molecule has 6 heteroatoms. The lowest BCUT2D eigenvalue weighted by Crippen LogP contribution is -2.51. The second-order valence-electron chi connectivity index (χ2n) is 7.55. The topological polar surface area (TPSA) is 70.7 Å². The SMILES string of the molecule is CCOc1cccc(C(=O)N[C@H](Cc2ccccc2)C(=O)NCN2CCCCC2)c1. The summed E-state index contributed by atoms with van der Waals surface area (Å²) >= 11 is 0. The van der Waals surface area contributed by atoms with Crippen LogP contribution in [0.5, 0.6) is 5.75 Å². The van der Waals surface area contributed by atoms with Crippen LogP contribution in [0.2, 0.25) is 0 Å². The van der Waals surface area contributed by atoms with Crippen molar-refractivity contribution in [3.05, 3.63) is 65.7 Å². The van der Waals surface area contributed by atoms with Crippen molar-refractivity contribution in [2.75, 3.05) is 26.4 Å². The lowest BCUT2D eigenvalue weighted by molar-refractivity contribution is -0.123. The maximum absolute atomic E-state index is 12.9. The third kappa shape index (κ3) is 6.59. The third-order valence-electron chi connectivity index (χ3n) is 5.24. The molecule has 0 aliphatic carbocycles. The van der Waals surface area contributed by atoms with E-state index in [4.69, 9.17) is 4.74 Å². The summed E-state index contributed by atoms with van der Waals surface area (Å²) in [6.07, 6.45) is 4.01. The molecular formula is C24H31N3O3. The quantitative estimate of drug-likeness (QED) is 0.668. The minimum absolute atomic E-state index is 0.168. The van der Waals surface area contributed by atoms with Crippen molar-refractivity contribution in [3.63, 3.8) is 0 Å². The van der Waals surface area contributed by atoms with E-state index in [2.05, 4.69) is 15.5 Å². The van der Waals surface area contributed by atoms with E-state index in [9.17, 15) is 9.59 Å². The number of carbonyl (C=O) groups is 2. The molecule has 6 nitrogen and oxygen atoms in total. The number of hydrogen-bond donors (Lipinski definition) is 2. The van der Waals surface area contributed by atoms with Gasteiger partial charge in [-0.25, -0.2) is 0 Å². The minimum atomic E-state index is -0.652. The van der Waals surface area contributed by atoms with Gasteiger partial charge in [-0.1, -0.05) is 42.8 Å². The van der Waals surface area contributed by atoms with Gasteiger partial charge in [0.1, 0.15) is 11.8 Å². The zero-order valence-electron chi connectivity index (χ0n) is 17.6. The molecule has 2 N–H and O–H groups in total. The molecule has 3 rings (SSSR count). The Bertz CT molecular complexity index is 819. The van der Waals surface area contributed by atoms with Crippen molar-refractivity contribution >= 4 is 11.8 Å². The van der Waals surface area contributed by atoms with Crippen molar-refractivity contribution in [1.29, 1.82) is 0 Å². The molecule has 0 aromatic heterocycles. The number of amides is 2. The number of benzene rings is 2. The summed E-state index contributed by atoms with van der Waals surface area (Å²) in [5, 5.41) is 5.92. The fourth-order valence-electron chi connectivity index (χ4n) is 3.62. The molecule has 2 aromatic rings. The first-order valence-corrected chi connectivity index (χ1v) is 10.7. The zero-order valence-corrected chi connectivity index (χ0v) is 17.6. The minimum Gasteiger partial charge on any atom is -0.494 e. The maximum atomic E-state index is 12.9. The van der Waals surface area contributed by atoms with Gasteiger partial charge in [0, 0.05) is 12.0 Å². The van der Waals surface area contributed by atoms with Crippen LogP contribution in [0.3, 0.4) is 0 Å².